The number of methoxy groups -OCH3 is 1. The molecule has 4 nitrogen and oxygen atoms in total. The lowest BCUT2D eigenvalue weighted by molar-refractivity contribution is -0.0290. The van der Waals surface area contributed by atoms with E-state index in [1.807, 2.05) is 18.2 Å². The van der Waals surface area contributed by atoms with E-state index >= 15 is 0 Å². The molecule has 96 valence electrons. The molecule has 0 aliphatic carbocycles. The van der Waals surface area contributed by atoms with E-state index < -0.39 is 0 Å². The molecule has 1 unspecified atom stereocenters. The number of fused-ring (bicyclic) bond motifs is 1. The minimum absolute atomic E-state index is 0.247. The number of aromatic nitrogens is 2. The Morgan fingerprint density at radius 2 is 2.33 bits per heavy atom. The monoisotopic (exact) mass is 264 g/mol. The standard InChI is InChI=1S/C13H16N2O2S/c1-16-13(6-7-17-9-13)8-15-11-5-3-2-4-10(11)14-12(15)18/h2-5H,6-9H2,1H3,(H,14,18). The molecule has 18 heavy (non-hydrogen) atoms. The third-order valence-electron chi connectivity index (χ3n) is 3.63. The zero-order chi connectivity index (χ0) is 12.6. The first-order chi connectivity index (χ1) is 8.74. The van der Waals surface area contributed by atoms with Gasteiger partial charge in [0.15, 0.2) is 4.77 Å². The highest BCUT2D eigenvalue weighted by molar-refractivity contribution is 7.71. The molecule has 2 aromatic rings. The van der Waals surface area contributed by atoms with Crippen molar-refractivity contribution < 1.29 is 9.47 Å². The molecule has 1 aliphatic heterocycles. The minimum atomic E-state index is -0.247. The van der Waals surface area contributed by atoms with Crippen LogP contribution in [0.5, 0.6) is 0 Å². The molecule has 1 saturated heterocycles. The Morgan fingerprint density at radius 1 is 1.50 bits per heavy atom. The lowest BCUT2D eigenvalue weighted by Gasteiger charge is -2.26. The number of benzene rings is 1. The molecule has 1 aromatic heterocycles. The van der Waals surface area contributed by atoms with Crippen LogP contribution >= 0.6 is 12.2 Å². The van der Waals surface area contributed by atoms with Crippen molar-refractivity contribution in [3.63, 3.8) is 0 Å². The number of rotatable bonds is 3. The molecular formula is C13H16N2O2S. The van der Waals surface area contributed by atoms with Gasteiger partial charge >= 0.3 is 0 Å². The maximum atomic E-state index is 5.67. The van der Waals surface area contributed by atoms with Crippen LogP contribution in [-0.4, -0.2) is 35.5 Å². The number of ether oxygens (including phenoxy) is 2. The number of aromatic amines is 1. The number of imidazole rings is 1. The Balaban J connectivity index is 2.04. The number of H-pyrrole nitrogens is 1. The van der Waals surface area contributed by atoms with E-state index in [0.717, 1.165) is 35.4 Å². The van der Waals surface area contributed by atoms with Crippen LogP contribution in [0.1, 0.15) is 6.42 Å². The predicted molar refractivity (Wildman–Crippen MR) is 72.3 cm³/mol. The van der Waals surface area contributed by atoms with Gasteiger partial charge in [0, 0.05) is 20.1 Å². The second kappa shape index (κ2) is 4.50. The third-order valence-corrected chi connectivity index (χ3v) is 3.95. The molecule has 5 heteroatoms. The van der Waals surface area contributed by atoms with Crippen LogP contribution in [0.15, 0.2) is 24.3 Å². The van der Waals surface area contributed by atoms with Gasteiger partial charge in [-0.15, -0.1) is 0 Å². The van der Waals surface area contributed by atoms with Gasteiger partial charge in [0.05, 0.1) is 24.2 Å². The topological polar surface area (TPSA) is 39.2 Å². The van der Waals surface area contributed by atoms with Crippen molar-refractivity contribution >= 4 is 23.3 Å². The van der Waals surface area contributed by atoms with Crippen LogP contribution in [0.3, 0.4) is 0 Å². The van der Waals surface area contributed by atoms with E-state index in [-0.39, 0.29) is 5.60 Å². The third kappa shape index (κ3) is 1.88. The van der Waals surface area contributed by atoms with Crippen molar-refractivity contribution in [2.75, 3.05) is 20.3 Å². The van der Waals surface area contributed by atoms with Crippen molar-refractivity contribution in [1.82, 2.24) is 9.55 Å². The van der Waals surface area contributed by atoms with Crippen LogP contribution in [0.2, 0.25) is 0 Å². The van der Waals surface area contributed by atoms with Crippen LogP contribution in [0, 0.1) is 4.77 Å². The summed E-state index contributed by atoms with van der Waals surface area (Å²) in [5.41, 5.74) is 1.93. The fourth-order valence-electron chi connectivity index (χ4n) is 2.49. The summed E-state index contributed by atoms with van der Waals surface area (Å²) in [5.74, 6) is 0. The Kier molecular flexibility index (Phi) is 2.97. The number of para-hydroxylation sites is 2. The second-order valence-electron chi connectivity index (χ2n) is 4.72. The predicted octanol–water partition coefficient (Wildman–Crippen LogP) is 2.50. The summed E-state index contributed by atoms with van der Waals surface area (Å²) >= 11 is 5.40. The number of nitrogens with zero attached hydrogens (tertiary/aromatic N) is 1. The first-order valence-electron chi connectivity index (χ1n) is 6.05. The largest absolute Gasteiger partial charge is 0.378 e. The summed E-state index contributed by atoms with van der Waals surface area (Å²) < 4.78 is 14.0. The molecule has 1 N–H and O–H groups in total. The maximum Gasteiger partial charge on any atom is 0.178 e. The van der Waals surface area contributed by atoms with Gasteiger partial charge < -0.3 is 19.0 Å². The highest BCUT2D eigenvalue weighted by Gasteiger charge is 2.35. The summed E-state index contributed by atoms with van der Waals surface area (Å²) in [7, 11) is 1.74. The van der Waals surface area contributed by atoms with Gasteiger partial charge in [0.25, 0.3) is 0 Å². The first-order valence-corrected chi connectivity index (χ1v) is 6.45. The zero-order valence-electron chi connectivity index (χ0n) is 10.3. The summed E-state index contributed by atoms with van der Waals surface area (Å²) in [4.78, 5) is 3.22. The van der Waals surface area contributed by atoms with Crippen LogP contribution < -0.4 is 0 Å². The smallest absolute Gasteiger partial charge is 0.178 e. The van der Waals surface area contributed by atoms with Crippen molar-refractivity contribution in [2.45, 2.75) is 18.6 Å². The Labute approximate surface area is 111 Å². The molecule has 0 radical (unpaired) electrons. The molecule has 3 rings (SSSR count). The summed E-state index contributed by atoms with van der Waals surface area (Å²) in [6, 6.07) is 8.13. The van der Waals surface area contributed by atoms with E-state index in [9.17, 15) is 0 Å². The minimum Gasteiger partial charge on any atom is -0.378 e. The molecule has 0 bridgehead atoms. The number of hydrogen-bond acceptors (Lipinski definition) is 3. The van der Waals surface area contributed by atoms with Crippen molar-refractivity contribution in [3.8, 4) is 0 Å². The second-order valence-corrected chi connectivity index (χ2v) is 5.11. The number of hydrogen-bond donors (Lipinski definition) is 1. The first kappa shape index (κ1) is 11.9. The average Bonchev–Trinajstić information content (AvgIpc) is 2.97. The molecule has 1 atom stereocenters. The van der Waals surface area contributed by atoms with E-state index in [1.54, 1.807) is 7.11 Å². The molecular weight excluding hydrogens is 248 g/mol. The Hall–Kier alpha value is -1.17. The molecule has 0 saturated carbocycles. The van der Waals surface area contributed by atoms with Gasteiger partial charge in [-0.25, -0.2) is 0 Å². The van der Waals surface area contributed by atoms with Crippen molar-refractivity contribution in [3.05, 3.63) is 29.0 Å². The van der Waals surface area contributed by atoms with E-state index in [2.05, 4.69) is 15.6 Å². The molecule has 2 heterocycles. The van der Waals surface area contributed by atoms with Crippen LogP contribution in [0.4, 0.5) is 0 Å². The molecule has 0 spiro atoms. The fraction of sp³-hybridized carbons (Fsp3) is 0.462. The Morgan fingerprint density at radius 3 is 3.06 bits per heavy atom. The lowest BCUT2D eigenvalue weighted by atomic mass is 10.0. The highest BCUT2D eigenvalue weighted by atomic mass is 32.1. The SMILES string of the molecule is COC1(Cn2c(=S)[nH]c3ccccc32)CCOC1. The van der Waals surface area contributed by atoms with Gasteiger partial charge in [-0.1, -0.05) is 12.1 Å². The van der Waals surface area contributed by atoms with E-state index in [1.165, 1.54) is 0 Å². The number of nitrogens with one attached hydrogen (secondary N) is 1. The summed E-state index contributed by atoms with van der Waals surface area (Å²) in [5, 5.41) is 0. The van der Waals surface area contributed by atoms with Crippen LogP contribution in [-0.2, 0) is 16.0 Å². The van der Waals surface area contributed by atoms with Gasteiger partial charge in [-0.05, 0) is 24.4 Å². The Bertz CT molecular complexity index is 611. The van der Waals surface area contributed by atoms with Gasteiger partial charge in [-0.2, -0.15) is 0 Å². The van der Waals surface area contributed by atoms with Gasteiger partial charge in [0.2, 0.25) is 0 Å². The quantitative estimate of drug-likeness (QED) is 0.866. The summed E-state index contributed by atoms with van der Waals surface area (Å²) in [6.45, 7) is 2.11. The molecule has 1 aliphatic rings. The van der Waals surface area contributed by atoms with Gasteiger partial charge in [0.1, 0.15) is 5.60 Å². The van der Waals surface area contributed by atoms with E-state index in [0.29, 0.717) is 6.61 Å². The normalized spacial score (nSPS) is 23.8. The average molecular weight is 264 g/mol. The highest BCUT2D eigenvalue weighted by Crippen LogP contribution is 2.26. The lowest BCUT2D eigenvalue weighted by Crippen LogP contribution is -2.37. The summed E-state index contributed by atoms with van der Waals surface area (Å²) in [6.07, 6.45) is 0.908. The molecule has 0 amide bonds. The van der Waals surface area contributed by atoms with Crippen molar-refractivity contribution in [1.29, 1.82) is 0 Å². The van der Waals surface area contributed by atoms with E-state index in [4.69, 9.17) is 21.7 Å². The molecule has 1 aromatic carbocycles. The van der Waals surface area contributed by atoms with Crippen LogP contribution in [0.25, 0.3) is 11.0 Å². The van der Waals surface area contributed by atoms with Crippen molar-refractivity contribution in [2.24, 2.45) is 0 Å². The maximum absolute atomic E-state index is 5.67. The molecule has 1 fully saturated rings. The zero-order valence-corrected chi connectivity index (χ0v) is 11.1. The fourth-order valence-corrected chi connectivity index (χ4v) is 2.76. The van der Waals surface area contributed by atoms with Gasteiger partial charge in [-0.3, -0.25) is 0 Å².